The maximum absolute atomic E-state index is 9.69. The number of nitrogens with one attached hydrogen (secondary N) is 2. The average molecular weight is 252 g/mol. The highest BCUT2D eigenvalue weighted by molar-refractivity contribution is 6.45. The summed E-state index contributed by atoms with van der Waals surface area (Å²) in [7, 11) is 0. The predicted octanol–water partition coefficient (Wildman–Crippen LogP) is 1.58. The summed E-state index contributed by atoms with van der Waals surface area (Å²) >= 11 is 5.80. The molecule has 1 aromatic rings. The molecule has 0 aliphatic rings. The third-order valence-electron chi connectivity index (χ3n) is 1.91. The van der Waals surface area contributed by atoms with Crippen LogP contribution >= 0.6 is 11.6 Å². The van der Waals surface area contributed by atoms with Crippen molar-refractivity contribution in [2.75, 3.05) is 5.43 Å². The minimum Gasteiger partial charge on any atom is -0.505 e. The van der Waals surface area contributed by atoms with Crippen LogP contribution in [-0.4, -0.2) is 16.7 Å². The zero-order valence-corrected chi connectivity index (χ0v) is 9.71. The van der Waals surface area contributed by atoms with Crippen LogP contribution in [0.4, 0.5) is 5.69 Å². The third kappa shape index (κ3) is 3.09. The number of hydrogen-bond donors (Lipinski definition) is 4. The molecule has 5 N–H and O–H groups in total. The van der Waals surface area contributed by atoms with E-state index in [1.165, 1.54) is 6.07 Å². The Hall–Kier alpha value is -2.26. The molecule has 0 heterocycles. The fourth-order valence-corrected chi connectivity index (χ4v) is 1.36. The lowest BCUT2D eigenvalue weighted by molar-refractivity contribution is 0.473. The second-order valence-electron chi connectivity index (χ2n) is 3.22. The topological polar surface area (TPSA) is 118 Å². The second kappa shape index (κ2) is 5.18. The number of nitrogens with two attached hydrogens (primary N) is 1. The molecule has 0 aliphatic carbocycles. The number of benzene rings is 1. The van der Waals surface area contributed by atoms with E-state index in [0.717, 1.165) is 0 Å². The zero-order chi connectivity index (χ0) is 13.0. The van der Waals surface area contributed by atoms with Crippen molar-refractivity contribution in [2.24, 2.45) is 10.8 Å². The van der Waals surface area contributed by atoms with Gasteiger partial charge < -0.3 is 10.8 Å². The minimum atomic E-state index is -0.460. The highest BCUT2D eigenvalue weighted by atomic mass is 35.5. The van der Waals surface area contributed by atoms with E-state index < -0.39 is 5.84 Å². The summed E-state index contributed by atoms with van der Waals surface area (Å²) in [6, 6.07) is 4.68. The molecule has 0 spiro atoms. The number of amidine groups is 1. The number of anilines is 1. The highest BCUT2D eigenvalue weighted by Gasteiger charge is 2.07. The van der Waals surface area contributed by atoms with Gasteiger partial charge in [0.25, 0.3) is 0 Å². The van der Waals surface area contributed by atoms with Crippen LogP contribution < -0.4 is 11.2 Å². The van der Waals surface area contributed by atoms with E-state index in [0.29, 0.717) is 10.6 Å². The van der Waals surface area contributed by atoms with Gasteiger partial charge in [-0.1, -0.05) is 11.6 Å². The smallest absolute Gasteiger partial charge is 0.201 e. The molecule has 6 nitrogen and oxygen atoms in total. The molecular weight excluding hydrogens is 242 g/mol. The van der Waals surface area contributed by atoms with Crippen molar-refractivity contribution in [3.05, 3.63) is 22.7 Å². The van der Waals surface area contributed by atoms with E-state index in [4.69, 9.17) is 28.0 Å². The van der Waals surface area contributed by atoms with Crippen molar-refractivity contribution in [1.82, 2.24) is 0 Å². The number of hydrazone groups is 1. The third-order valence-corrected chi connectivity index (χ3v) is 2.13. The van der Waals surface area contributed by atoms with E-state index in [9.17, 15) is 5.11 Å². The molecule has 17 heavy (non-hydrogen) atoms. The first-order chi connectivity index (χ1) is 7.95. The molecular formula is C10H10ClN5O. The highest BCUT2D eigenvalue weighted by Crippen LogP contribution is 2.30. The van der Waals surface area contributed by atoms with E-state index in [-0.39, 0.29) is 17.1 Å². The molecule has 1 aromatic carbocycles. The number of rotatable bonds is 3. The summed E-state index contributed by atoms with van der Waals surface area (Å²) in [5.41, 5.74) is 8.08. The monoisotopic (exact) mass is 251 g/mol. The van der Waals surface area contributed by atoms with Gasteiger partial charge in [0.15, 0.2) is 5.84 Å². The van der Waals surface area contributed by atoms with Gasteiger partial charge in [0.05, 0.1) is 5.69 Å². The SMILES string of the molecule is Cc1cc(Cl)cc(N/N=C(\C#N)C(=N)N)c1O. The minimum absolute atomic E-state index is 0.0287. The van der Waals surface area contributed by atoms with Crippen LogP contribution in [0.5, 0.6) is 5.75 Å². The lowest BCUT2D eigenvalue weighted by atomic mass is 10.2. The van der Waals surface area contributed by atoms with E-state index >= 15 is 0 Å². The molecule has 0 radical (unpaired) electrons. The molecule has 88 valence electrons. The average Bonchev–Trinajstić information content (AvgIpc) is 2.25. The molecule has 0 aliphatic heterocycles. The van der Waals surface area contributed by atoms with Crippen molar-refractivity contribution < 1.29 is 5.11 Å². The number of halogens is 1. The van der Waals surface area contributed by atoms with Crippen LogP contribution in [0.1, 0.15) is 5.56 Å². The number of nitrogens with zero attached hydrogens (tertiary/aromatic N) is 2. The fraction of sp³-hybridized carbons (Fsp3) is 0.100. The predicted molar refractivity (Wildman–Crippen MR) is 66.4 cm³/mol. The molecule has 0 amide bonds. The Kier molecular flexibility index (Phi) is 3.91. The molecule has 0 unspecified atom stereocenters. The van der Waals surface area contributed by atoms with Crippen LogP contribution in [0.2, 0.25) is 5.02 Å². The molecule has 0 atom stereocenters. The normalized spacial score (nSPS) is 10.8. The fourth-order valence-electron chi connectivity index (χ4n) is 1.08. The molecule has 1 rings (SSSR count). The van der Waals surface area contributed by atoms with Gasteiger partial charge in [-0.3, -0.25) is 10.8 Å². The van der Waals surface area contributed by atoms with Crippen LogP contribution in [0.3, 0.4) is 0 Å². The van der Waals surface area contributed by atoms with Gasteiger partial charge in [-0.05, 0) is 24.6 Å². The van der Waals surface area contributed by atoms with Gasteiger partial charge in [0.2, 0.25) is 5.71 Å². The van der Waals surface area contributed by atoms with Gasteiger partial charge in [0, 0.05) is 5.02 Å². The van der Waals surface area contributed by atoms with Crippen molar-refractivity contribution in [3.63, 3.8) is 0 Å². The molecule has 0 bridgehead atoms. The van der Waals surface area contributed by atoms with Crippen LogP contribution in [0.15, 0.2) is 17.2 Å². The lowest BCUT2D eigenvalue weighted by Gasteiger charge is -2.07. The standard InChI is InChI=1S/C10H10ClN5O/c1-5-2-6(11)3-7(9(5)17)15-16-8(4-12)10(13)14/h2-3,15,17H,1H3,(H3,13,14)/b16-8+. The van der Waals surface area contributed by atoms with Gasteiger partial charge in [-0.25, -0.2) is 0 Å². The number of aryl methyl sites for hydroxylation is 1. The number of phenolic OH excluding ortho intramolecular Hbond substituents is 1. The summed E-state index contributed by atoms with van der Waals surface area (Å²) in [5.74, 6) is -0.489. The van der Waals surface area contributed by atoms with E-state index in [2.05, 4.69) is 10.5 Å². The lowest BCUT2D eigenvalue weighted by Crippen LogP contribution is -2.21. The van der Waals surface area contributed by atoms with Gasteiger partial charge in [-0.2, -0.15) is 10.4 Å². The Balaban J connectivity index is 3.05. The summed E-state index contributed by atoms with van der Waals surface area (Å²) in [5, 5.41) is 29.4. The van der Waals surface area contributed by atoms with Crippen LogP contribution in [-0.2, 0) is 0 Å². The van der Waals surface area contributed by atoms with Gasteiger partial charge >= 0.3 is 0 Å². The van der Waals surface area contributed by atoms with E-state index in [1.807, 2.05) is 0 Å². The second-order valence-corrected chi connectivity index (χ2v) is 3.65. The molecule has 7 heteroatoms. The quantitative estimate of drug-likeness (QED) is 0.282. The van der Waals surface area contributed by atoms with E-state index in [1.54, 1.807) is 19.1 Å². The zero-order valence-electron chi connectivity index (χ0n) is 8.95. The first kappa shape index (κ1) is 12.8. The molecule has 0 fully saturated rings. The van der Waals surface area contributed by atoms with Crippen molar-refractivity contribution in [1.29, 1.82) is 10.7 Å². The van der Waals surface area contributed by atoms with Gasteiger partial charge in [-0.15, -0.1) is 0 Å². The van der Waals surface area contributed by atoms with Crippen molar-refractivity contribution >= 4 is 28.8 Å². The number of nitriles is 1. The largest absolute Gasteiger partial charge is 0.505 e. The van der Waals surface area contributed by atoms with Crippen molar-refractivity contribution in [2.45, 2.75) is 6.92 Å². The molecule has 0 aromatic heterocycles. The summed E-state index contributed by atoms with van der Waals surface area (Å²) in [4.78, 5) is 0. The maximum atomic E-state index is 9.69. The first-order valence-corrected chi connectivity index (χ1v) is 4.90. The Morgan fingerprint density at radius 3 is 2.82 bits per heavy atom. The van der Waals surface area contributed by atoms with Crippen LogP contribution in [0.25, 0.3) is 0 Å². The summed E-state index contributed by atoms with van der Waals surface area (Å²) < 4.78 is 0. The summed E-state index contributed by atoms with van der Waals surface area (Å²) in [6.07, 6.45) is 0. The van der Waals surface area contributed by atoms with Crippen molar-refractivity contribution in [3.8, 4) is 11.8 Å². The number of hydrogen-bond acceptors (Lipinski definition) is 5. The van der Waals surface area contributed by atoms with Crippen LogP contribution in [0, 0.1) is 23.7 Å². The summed E-state index contributed by atoms with van der Waals surface area (Å²) in [6.45, 7) is 1.67. The Morgan fingerprint density at radius 1 is 1.65 bits per heavy atom. The Labute approximate surface area is 103 Å². The number of phenols is 1. The first-order valence-electron chi connectivity index (χ1n) is 4.53. The Morgan fingerprint density at radius 2 is 2.29 bits per heavy atom. The number of aromatic hydroxyl groups is 1. The van der Waals surface area contributed by atoms with Gasteiger partial charge in [0.1, 0.15) is 11.8 Å². The Bertz CT molecular complexity index is 532. The molecule has 0 saturated heterocycles. The maximum Gasteiger partial charge on any atom is 0.201 e. The molecule has 0 saturated carbocycles.